The van der Waals surface area contributed by atoms with Crippen LogP contribution in [0, 0.1) is 6.92 Å². The molecule has 120 valence electrons. The molecule has 0 aliphatic heterocycles. The molecule has 0 aliphatic carbocycles. The summed E-state index contributed by atoms with van der Waals surface area (Å²) in [5.74, 6) is 0. The van der Waals surface area contributed by atoms with Gasteiger partial charge >= 0.3 is 0 Å². The van der Waals surface area contributed by atoms with Crippen LogP contribution >= 0.6 is 11.3 Å². The Hall–Kier alpha value is -1.22. The molecule has 0 aliphatic rings. The van der Waals surface area contributed by atoms with Crippen LogP contribution < -0.4 is 4.72 Å². The average molecular weight is 359 g/mol. The van der Waals surface area contributed by atoms with Crippen molar-refractivity contribution in [1.29, 1.82) is 0 Å². The molecule has 0 unspecified atom stereocenters. The Labute approximate surface area is 135 Å². The number of benzene rings is 1. The Morgan fingerprint density at radius 2 is 1.73 bits per heavy atom. The van der Waals surface area contributed by atoms with Crippen LogP contribution in [0.2, 0.25) is 0 Å². The van der Waals surface area contributed by atoms with Crippen molar-refractivity contribution in [3.8, 4) is 0 Å². The summed E-state index contributed by atoms with van der Waals surface area (Å²) in [5.41, 5.74) is 0.959. The lowest BCUT2D eigenvalue weighted by Crippen LogP contribution is -2.30. The minimum Gasteiger partial charge on any atom is -0.223 e. The number of hydrogen-bond donors (Lipinski definition) is 1. The van der Waals surface area contributed by atoms with Crippen LogP contribution in [0.15, 0.2) is 46.7 Å². The van der Waals surface area contributed by atoms with Crippen LogP contribution in [0.1, 0.15) is 15.7 Å². The van der Waals surface area contributed by atoms with Crippen LogP contribution in [0.25, 0.3) is 0 Å². The van der Waals surface area contributed by atoms with Gasteiger partial charge in [0.25, 0.3) is 0 Å². The lowest BCUT2D eigenvalue weighted by molar-refractivity contribution is 0.572. The van der Waals surface area contributed by atoms with E-state index in [1.807, 2.05) is 6.92 Å². The molecule has 0 saturated carbocycles. The van der Waals surface area contributed by atoms with Gasteiger partial charge in [0, 0.05) is 11.4 Å². The van der Waals surface area contributed by atoms with Crippen molar-refractivity contribution in [3.63, 3.8) is 0 Å². The van der Waals surface area contributed by atoms with E-state index in [0.717, 1.165) is 11.8 Å². The third-order valence-electron chi connectivity index (χ3n) is 3.12. The smallest absolute Gasteiger partial charge is 0.208 e. The topological polar surface area (TPSA) is 80.3 Å². The summed E-state index contributed by atoms with van der Waals surface area (Å²) in [5, 5.41) is 0.831. The number of thiophene rings is 1. The first-order chi connectivity index (χ1) is 10.2. The van der Waals surface area contributed by atoms with Gasteiger partial charge in [-0.2, -0.15) is 0 Å². The van der Waals surface area contributed by atoms with Crippen molar-refractivity contribution in [3.05, 3.63) is 52.2 Å². The van der Waals surface area contributed by atoms with Crippen LogP contribution in [0.5, 0.6) is 0 Å². The van der Waals surface area contributed by atoms with Crippen molar-refractivity contribution >= 4 is 31.2 Å². The Morgan fingerprint density at radius 3 is 2.23 bits per heavy atom. The van der Waals surface area contributed by atoms with E-state index in [0.29, 0.717) is 4.88 Å². The predicted octanol–water partition coefficient (Wildman–Crippen LogP) is 2.12. The fraction of sp³-hybridized carbons (Fsp3) is 0.286. The monoisotopic (exact) mass is 359 g/mol. The van der Waals surface area contributed by atoms with E-state index in [9.17, 15) is 16.8 Å². The van der Waals surface area contributed by atoms with Gasteiger partial charge < -0.3 is 0 Å². The van der Waals surface area contributed by atoms with Gasteiger partial charge in [0.2, 0.25) is 10.0 Å². The molecule has 0 bridgehead atoms. The molecule has 0 radical (unpaired) electrons. The molecule has 2 aromatic rings. The first kappa shape index (κ1) is 17.1. The van der Waals surface area contributed by atoms with Gasteiger partial charge in [-0.25, -0.2) is 21.6 Å². The lowest BCUT2D eigenvalue weighted by atomic mass is 10.2. The number of rotatable bonds is 6. The number of sulfonamides is 1. The quantitative estimate of drug-likeness (QED) is 0.857. The van der Waals surface area contributed by atoms with Gasteiger partial charge in [0.1, 0.15) is 5.25 Å². The van der Waals surface area contributed by atoms with E-state index in [1.54, 1.807) is 41.8 Å². The number of nitrogens with one attached hydrogen (secondary N) is 1. The standard InChI is InChI=1S/C14H17NO4S3/c1-11-5-7-12(8-6-11)22(18,19)14(10-15-21(2,16)17)13-4-3-9-20-13/h3-9,14-15H,10H2,1-2H3/t14-/m1/s1. The van der Waals surface area contributed by atoms with Crippen LogP contribution in [-0.2, 0) is 19.9 Å². The molecule has 1 N–H and O–H groups in total. The second-order valence-electron chi connectivity index (χ2n) is 4.98. The van der Waals surface area contributed by atoms with E-state index in [-0.39, 0.29) is 11.4 Å². The van der Waals surface area contributed by atoms with Gasteiger partial charge in [0.15, 0.2) is 9.84 Å². The maximum absolute atomic E-state index is 12.8. The highest BCUT2D eigenvalue weighted by Crippen LogP contribution is 2.31. The molecule has 0 amide bonds. The Kier molecular flexibility index (Phi) is 5.06. The van der Waals surface area contributed by atoms with E-state index in [2.05, 4.69) is 4.72 Å². The SMILES string of the molecule is Cc1ccc(S(=O)(=O)[C@H](CNS(C)(=O)=O)c2cccs2)cc1. The summed E-state index contributed by atoms with van der Waals surface area (Å²) in [6, 6.07) is 9.99. The fourth-order valence-electron chi connectivity index (χ4n) is 1.96. The third kappa shape index (κ3) is 4.16. The van der Waals surface area contributed by atoms with E-state index in [4.69, 9.17) is 0 Å². The predicted molar refractivity (Wildman–Crippen MR) is 88.3 cm³/mol. The summed E-state index contributed by atoms with van der Waals surface area (Å²) in [6.45, 7) is 1.69. The van der Waals surface area contributed by atoms with Gasteiger partial charge in [-0.15, -0.1) is 11.3 Å². The largest absolute Gasteiger partial charge is 0.223 e. The van der Waals surface area contributed by atoms with Crippen molar-refractivity contribution in [2.24, 2.45) is 0 Å². The average Bonchev–Trinajstić information content (AvgIpc) is 2.91. The highest BCUT2D eigenvalue weighted by Gasteiger charge is 2.30. The molecule has 1 aromatic carbocycles. The molecule has 2 rings (SSSR count). The van der Waals surface area contributed by atoms with Crippen molar-refractivity contribution in [1.82, 2.24) is 4.72 Å². The maximum atomic E-state index is 12.8. The minimum atomic E-state index is -3.68. The normalized spacial score (nSPS) is 13.9. The van der Waals surface area contributed by atoms with Gasteiger partial charge in [-0.05, 0) is 30.5 Å². The molecule has 1 heterocycles. The summed E-state index contributed by atoms with van der Waals surface area (Å²) in [4.78, 5) is 0.795. The molecule has 1 aromatic heterocycles. The van der Waals surface area contributed by atoms with Crippen LogP contribution in [-0.4, -0.2) is 29.6 Å². The first-order valence-corrected chi connectivity index (χ1v) is 10.8. The minimum absolute atomic E-state index is 0.185. The molecular weight excluding hydrogens is 342 g/mol. The highest BCUT2D eigenvalue weighted by molar-refractivity contribution is 7.92. The van der Waals surface area contributed by atoms with Crippen molar-refractivity contribution in [2.45, 2.75) is 17.1 Å². The second-order valence-corrected chi connectivity index (χ2v) is 9.93. The molecular formula is C14H17NO4S3. The Morgan fingerprint density at radius 1 is 1.09 bits per heavy atom. The summed E-state index contributed by atoms with van der Waals surface area (Å²) in [7, 11) is -7.15. The molecule has 5 nitrogen and oxygen atoms in total. The summed E-state index contributed by atoms with van der Waals surface area (Å²) >= 11 is 1.29. The zero-order valence-electron chi connectivity index (χ0n) is 12.2. The maximum Gasteiger partial charge on any atom is 0.208 e. The molecule has 0 spiro atoms. The molecule has 8 heteroatoms. The lowest BCUT2D eigenvalue weighted by Gasteiger charge is -2.17. The summed E-state index contributed by atoms with van der Waals surface area (Å²) in [6.07, 6.45) is 1.01. The fourth-order valence-corrected chi connectivity index (χ4v) is 5.32. The second kappa shape index (κ2) is 6.49. The van der Waals surface area contributed by atoms with Crippen molar-refractivity contribution < 1.29 is 16.8 Å². The van der Waals surface area contributed by atoms with Crippen molar-refractivity contribution in [2.75, 3.05) is 12.8 Å². The zero-order valence-corrected chi connectivity index (χ0v) is 14.6. The Bertz CT molecular complexity index is 823. The number of sulfone groups is 1. The van der Waals surface area contributed by atoms with E-state index < -0.39 is 25.1 Å². The summed E-state index contributed by atoms with van der Waals surface area (Å²) < 4.78 is 50.6. The van der Waals surface area contributed by atoms with Crippen LogP contribution in [0.4, 0.5) is 0 Å². The van der Waals surface area contributed by atoms with Crippen LogP contribution in [0.3, 0.4) is 0 Å². The first-order valence-electron chi connectivity index (χ1n) is 6.49. The van der Waals surface area contributed by atoms with Gasteiger partial charge in [-0.3, -0.25) is 0 Å². The highest BCUT2D eigenvalue weighted by atomic mass is 32.2. The van der Waals surface area contributed by atoms with E-state index in [1.165, 1.54) is 11.3 Å². The zero-order chi connectivity index (χ0) is 16.4. The molecule has 22 heavy (non-hydrogen) atoms. The van der Waals surface area contributed by atoms with Gasteiger partial charge in [-0.1, -0.05) is 23.8 Å². The Balaban J connectivity index is 2.41. The van der Waals surface area contributed by atoms with E-state index >= 15 is 0 Å². The molecule has 0 saturated heterocycles. The third-order valence-corrected chi connectivity index (χ3v) is 7.04. The molecule has 1 atom stereocenters. The van der Waals surface area contributed by atoms with Gasteiger partial charge in [0.05, 0.1) is 11.2 Å². The number of aryl methyl sites for hydroxylation is 1. The number of hydrogen-bond acceptors (Lipinski definition) is 5. The molecule has 0 fully saturated rings.